The third-order valence-corrected chi connectivity index (χ3v) is 5.58. The standard InChI is InChI=1S/C16H24N2O4S/c1-13-4-6-15(7-5-13)23(21,22)17-11-14-3-2-9-18(12-14)10-8-16(19)20/h4-7,14,17H,2-3,8-12H2,1H3,(H,19,20)/t14-/m1/s1. The maximum absolute atomic E-state index is 12.3. The van der Waals surface area contributed by atoms with E-state index in [1.807, 2.05) is 6.92 Å². The Morgan fingerprint density at radius 2 is 2.04 bits per heavy atom. The molecule has 23 heavy (non-hydrogen) atoms. The fourth-order valence-electron chi connectivity index (χ4n) is 2.80. The van der Waals surface area contributed by atoms with Gasteiger partial charge in [-0.3, -0.25) is 4.79 Å². The van der Waals surface area contributed by atoms with Crippen molar-refractivity contribution in [1.29, 1.82) is 0 Å². The smallest absolute Gasteiger partial charge is 0.304 e. The van der Waals surface area contributed by atoms with E-state index in [9.17, 15) is 13.2 Å². The molecule has 2 rings (SSSR count). The summed E-state index contributed by atoms with van der Waals surface area (Å²) >= 11 is 0. The van der Waals surface area contributed by atoms with Crippen LogP contribution in [-0.2, 0) is 14.8 Å². The molecule has 0 saturated carbocycles. The fraction of sp³-hybridized carbons (Fsp3) is 0.562. The molecule has 1 saturated heterocycles. The van der Waals surface area contributed by atoms with E-state index >= 15 is 0 Å². The molecule has 7 heteroatoms. The van der Waals surface area contributed by atoms with Crippen LogP contribution in [0, 0.1) is 12.8 Å². The number of hydrogen-bond acceptors (Lipinski definition) is 4. The average molecular weight is 340 g/mol. The zero-order valence-electron chi connectivity index (χ0n) is 13.4. The van der Waals surface area contributed by atoms with E-state index < -0.39 is 16.0 Å². The highest BCUT2D eigenvalue weighted by Gasteiger charge is 2.22. The molecule has 1 heterocycles. The molecule has 1 aliphatic rings. The molecule has 2 N–H and O–H groups in total. The molecule has 1 atom stereocenters. The van der Waals surface area contributed by atoms with Gasteiger partial charge >= 0.3 is 5.97 Å². The number of nitrogens with zero attached hydrogens (tertiary/aromatic N) is 1. The lowest BCUT2D eigenvalue weighted by Crippen LogP contribution is -2.41. The molecule has 128 valence electrons. The quantitative estimate of drug-likeness (QED) is 0.785. The lowest BCUT2D eigenvalue weighted by atomic mass is 9.98. The first-order chi connectivity index (χ1) is 10.9. The van der Waals surface area contributed by atoms with Gasteiger partial charge in [-0.2, -0.15) is 0 Å². The maximum Gasteiger partial charge on any atom is 0.304 e. The number of hydrogen-bond donors (Lipinski definition) is 2. The first-order valence-electron chi connectivity index (χ1n) is 7.87. The molecule has 0 unspecified atom stereocenters. The van der Waals surface area contributed by atoms with Gasteiger partial charge in [-0.15, -0.1) is 0 Å². The predicted octanol–water partition coefficient (Wildman–Crippen LogP) is 1.46. The zero-order valence-corrected chi connectivity index (χ0v) is 14.2. The Morgan fingerprint density at radius 3 is 2.70 bits per heavy atom. The minimum atomic E-state index is -3.48. The van der Waals surface area contributed by atoms with Gasteiger partial charge in [0.2, 0.25) is 10.0 Å². The summed E-state index contributed by atoms with van der Waals surface area (Å²) in [5, 5.41) is 8.75. The SMILES string of the molecule is Cc1ccc(S(=O)(=O)NC[C@H]2CCCN(CCC(=O)O)C2)cc1. The fourth-order valence-corrected chi connectivity index (χ4v) is 3.92. The van der Waals surface area contributed by atoms with Gasteiger partial charge in [0.25, 0.3) is 0 Å². The highest BCUT2D eigenvalue weighted by Crippen LogP contribution is 2.17. The van der Waals surface area contributed by atoms with Gasteiger partial charge in [-0.25, -0.2) is 13.1 Å². The van der Waals surface area contributed by atoms with Gasteiger partial charge in [0.15, 0.2) is 0 Å². The Hall–Kier alpha value is -1.44. The molecule has 0 aromatic heterocycles. The second-order valence-electron chi connectivity index (χ2n) is 6.12. The van der Waals surface area contributed by atoms with E-state index in [0.717, 1.165) is 31.5 Å². The van der Waals surface area contributed by atoms with Crippen molar-refractivity contribution >= 4 is 16.0 Å². The first kappa shape index (κ1) is 17.9. The van der Waals surface area contributed by atoms with Crippen LogP contribution in [-0.4, -0.2) is 50.6 Å². The number of likely N-dealkylation sites (tertiary alicyclic amines) is 1. The van der Waals surface area contributed by atoms with E-state index in [4.69, 9.17) is 5.11 Å². The normalized spacial score (nSPS) is 19.6. The van der Waals surface area contributed by atoms with Gasteiger partial charge in [0, 0.05) is 19.6 Å². The number of carboxylic acids is 1. The molecule has 1 aromatic carbocycles. The van der Waals surface area contributed by atoms with Crippen molar-refractivity contribution in [3.05, 3.63) is 29.8 Å². The number of piperidine rings is 1. The van der Waals surface area contributed by atoms with E-state index in [2.05, 4.69) is 9.62 Å². The minimum absolute atomic E-state index is 0.127. The summed E-state index contributed by atoms with van der Waals surface area (Å²) < 4.78 is 27.2. The van der Waals surface area contributed by atoms with E-state index in [-0.39, 0.29) is 17.2 Å². The lowest BCUT2D eigenvalue weighted by Gasteiger charge is -2.32. The molecule has 0 radical (unpaired) electrons. The largest absolute Gasteiger partial charge is 0.481 e. The minimum Gasteiger partial charge on any atom is -0.481 e. The van der Waals surface area contributed by atoms with Crippen molar-refractivity contribution in [3.63, 3.8) is 0 Å². The first-order valence-corrected chi connectivity index (χ1v) is 9.35. The number of rotatable bonds is 7. The van der Waals surface area contributed by atoms with Crippen molar-refractivity contribution in [2.45, 2.75) is 31.1 Å². The van der Waals surface area contributed by atoms with Crippen molar-refractivity contribution < 1.29 is 18.3 Å². The van der Waals surface area contributed by atoms with Crippen molar-refractivity contribution in [2.24, 2.45) is 5.92 Å². The molecule has 6 nitrogen and oxygen atoms in total. The van der Waals surface area contributed by atoms with Gasteiger partial charge in [-0.05, 0) is 44.4 Å². The van der Waals surface area contributed by atoms with Gasteiger partial charge in [0.05, 0.1) is 11.3 Å². The molecule has 0 amide bonds. The van der Waals surface area contributed by atoms with E-state index in [0.29, 0.717) is 13.1 Å². The highest BCUT2D eigenvalue weighted by molar-refractivity contribution is 7.89. The zero-order chi connectivity index (χ0) is 16.9. The van der Waals surface area contributed by atoms with Crippen LogP contribution in [0.15, 0.2) is 29.2 Å². The van der Waals surface area contributed by atoms with E-state index in [1.165, 1.54) is 0 Å². The van der Waals surface area contributed by atoms with Gasteiger partial charge in [-0.1, -0.05) is 17.7 Å². The van der Waals surface area contributed by atoms with Crippen molar-refractivity contribution in [1.82, 2.24) is 9.62 Å². The number of sulfonamides is 1. The maximum atomic E-state index is 12.3. The number of carboxylic acid groups (broad SMARTS) is 1. The summed E-state index contributed by atoms with van der Waals surface area (Å²) in [5.41, 5.74) is 1.02. The van der Waals surface area contributed by atoms with Crippen LogP contribution in [0.3, 0.4) is 0 Å². The van der Waals surface area contributed by atoms with Crippen LogP contribution in [0.1, 0.15) is 24.8 Å². The topological polar surface area (TPSA) is 86.7 Å². The second kappa shape index (κ2) is 7.90. The van der Waals surface area contributed by atoms with Crippen LogP contribution >= 0.6 is 0 Å². The number of nitrogens with one attached hydrogen (secondary N) is 1. The average Bonchev–Trinajstić information content (AvgIpc) is 2.52. The molecule has 0 spiro atoms. The number of aryl methyl sites for hydroxylation is 1. The summed E-state index contributed by atoms with van der Waals surface area (Å²) in [5.74, 6) is -0.579. The summed E-state index contributed by atoms with van der Waals surface area (Å²) in [6, 6.07) is 6.78. The molecule has 0 bridgehead atoms. The Bertz CT molecular complexity index is 628. The summed E-state index contributed by atoms with van der Waals surface area (Å²) in [7, 11) is -3.48. The second-order valence-corrected chi connectivity index (χ2v) is 7.88. The molecule has 1 fully saturated rings. The van der Waals surface area contributed by atoms with Crippen LogP contribution in [0.5, 0.6) is 0 Å². The van der Waals surface area contributed by atoms with Crippen LogP contribution in [0.2, 0.25) is 0 Å². The van der Waals surface area contributed by atoms with Gasteiger partial charge < -0.3 is 10.0 Å². The molecular formula is C16H24N2O4S. The lowest BCUT2D eigenvalue weighted by molar-refractivity contribution is -0.137. The number of carbonyl (C=O) groups is 1. The highest BCUT2D eigenvalue weighted by atomic mass is 32.2. The monoisotopic (exact) mass is 340 g/mol. The van der Waals surface area contributed by atoms with Crippen LogP contribution in [0.25, 0.3) is 0 Å². The third kappa shape index (κ3) is 5.60. The third-order valence-electron chi connectivity index (χ3n) is 4.14. The Labute approximate surface area is 137 Å². The Balaban J connectivity index is 1.87. The van der Waals surface area contributed by atoms with Crippen molar-refractivity contribution in [2.75, 3.05) is 26.2 Å². The van der Waals surface area contributed by atoms with Crippen LogP contribution in [0.4, 0.5) is 0 Å². The van der Waals surface area contributed by atoms with E-state index in [1.54, 1.807) is 24.3 Å². The molecule has 1 aromatic rings. The predicted molar refractivity (Wildman–Crippen MR) is 87.8 cm³/mol. The molecule has 0 aliphatic carbocycles. The summed E-state index contributed by atoms with van der Waals surface area (Å²) in [6.07, 6.45) is 2.05. The number of aliphatic carboxylic acids is 1. The molecule has 1 aliphatic heterocycles. The molecular weight excluding hydrogens is 316 g/mol. The van der Waals surface area contributed by atoms with Gasteiger partial charge in [0.1, 0.15) is 0 Å². The Morgan fingerprint density at radius 1 is 1.35 bits per heavy atom. The van der Waals surface area contributed by atoms with Crippen molar-refractivity contribution in [3.8, 4) is 0 Å². The summed E-state index contributed by atoms with van der Waals surface area (Å²) in [6.45, 7) is 4.45. The van der Waals surface area contributed by atoms with Crippen LogP contribution < -0.4 is 4.72 Å². The summed E-state index contributed by atoms with van der Waals surface area (Å²) in [4.78, 5) is 13.0. The Kier molecular flexibility index (Phi) is 6.15. The number of benzene rings is 1.